The van der Waals surface area contributed by atoms with Gasteiger partial charge in [-0.2, -0.15) is 0 Å². The number of hydrogen-bond donors (Lipinski definition) is 3. The molecule has 0 aromatic rings. The van der Waals surface area contributed by atoms with Gasteiger partial charge in [-0.25, -0.2) is 4.79 Å². The summed E-state index contributed by atoms with van der Waals surface area (Å²) in [5, 5.41) is 16.2. The van der Waals surface area contributed by atoms with Gasteiger partial charge in [0.15, 0.2) is 0 Å². The summed E-state index contributed by atoms with van der Waals surface area (Å²) in [7, 11) is 0. The third-order valence-corrected chi connectivity index (χ3v) is 4.55. The molecule has 0 aromatic carbocycles. The van der Waals surface area contributed by atoms with Crippen LogP contribution in [0.1, 0.15) is 58.8 Å². The first-order valence-electron chi connectivity index (χ1n) is 7.15. The van der Waals surface area contributed by atoms with Crippen molar-refractivity contribution in [3.63, 3.8) is 0 Å². The molecule has 0 atom stereocenters. The molecule has 0 aliphatic heterocycles. The van der Waals surface area contributed by atoms with E-state index in [2.05, 4.69) is 24.5 Å². The average molecular weight is 254 g/mol. The maximum atomic E-state index is 11.6. The Morgan fingerprint density at radius 3 is 2.33 bits per heavy atom. The van der Waals surface area contributed by atoms with Crippen LogP contribution in [-0.2, 0) is 0 Å². The molecule has 2 rings (SSSR count). The van der Waals surface area contributed by atoms with Crippen LogP contribution in [0.15, 0.2) is 0 Å². The van der Waals surface area contributed by atoms with E-state index in [1.54, 1.807) is 0 Å². The third kappa shape index (κ3) is 3.61. The van der Waals surface area contributed by atoms with Gasteiger partial charge in [-0.15, -0.1) is 0 Å². The standard InChI is InChI=1S/C14H26N2O2/c1-13(2)6-8-14(18,9-7-13)10-15-12(17)16-11-4-3-5-11/h11,18H,3-10H2,1-2H3,(H2,15,16,17). The molecule has 2 saturated carbocycles. The van der Waals surface area contributed by atoms with Crippen molar-refractivity contribution in [2.45, 2.75) is 70.4 Å². The Hall–Kier alpha value is -0.770. The zero-order valence-corrected chi connectivity index (χ0v) is 11.6. The minimum atomic E-state index is -0.702. The minimum absolute atomic E-state index is 0.127. The van der Waals surface area contributed by atoms with Crippen LogP contribution in [0.3, 0.4) is 0 Å². The van der Waals surface area contributed by atoms with Gasteiger partial charge in [-0.3, -0.25) is 0 Å². The number of amides is 2. The summed E-state index contributed by atoms with van der Waals surface area (Å²) in [6.45, 7) is 4.86. The molecule has 104 valence electrons. The molecule has 2 amide bonds. The summed E-state index contributed by atoms with van der Waals surface area (Å²) < 4.78 is 0. The van der Waals surface area contributed by atoms with E-state index in [0.717, 1.165) is 38.5 Å². The normalized spacial score (nSPS) is 26.2. The maximum absolute atomic E-state index is 11.6. The van der Waals surface area contributed by atoms with E-state index < -0.39 is 5.60 Å². The fourth-order valence-electron chi connectivity index (χ4n) is 2.60. The fourth-order valence-corrected chi connectivity index (χ4v) is 2.60. The van der Waals surface area contributed by atoms with Crippen LogP contribution in [0.2, 0.25) is 0 Å². The van der Waals surface area contributed by atoms with Crippen molar-refractivity contribution in [2.24, 2.45) is 5.41 Å². The molecule has 2 aliphatic rings. The predicted molar refractivity (Wildman–Crippen MR) is 71.4 cm³/mol. The molecule has 4 nitrogen and oxygen atoms in total. The van der Waals surface area contributed by atoms with Gasteiger partial charge in [-0.05, 0) is 50.4 Å². The summed E-state index contributed by atoms with van der Waals surface area (Å²) >= 11 is 0. The van der Waals surface area contributed by atoms with Crippen molar-refractivity contribution in [1.82, 2.24) is 10.6 Å². The van der Waals surface area contributed by atoms with Gasteiger partial charge in [0, 0.05) is 12.6 Å². The number of rotatable bonds is 3. The highest BCUT2D eigenvalue weighted by Gasteiger charge is 2.36. The Bertz CT molecular complexity index is 301. The lowest BCUT2D eigenvalue weighted by Crippen LogP contribution is -2.51. The number of carbonyl (C=O) groups excluding carboxylic acids is 1. The van der Waals surface area contributed by atoms with E-state index in [1.807, 2.05) is 0 Å². The van der Waals surface area contributed by atoms with Crippen LogP contribution < -0.4 is 10.6 Å². The van der Waals surface area contributed by atoms with Gasteiger partial charge < -0.3 is 15.7 Å². The quantitative estimate of drug-likeness (QED) is 0.723. The summed E-state index contributed by atoms with van der Waals surface area (Å²) in [6, 6.07) is 0.225. The van der Waals surface area contributed by atoms with Crippen LogP contribution in [0.5, 0.6) is 0 Å². The molecular formula is C14H26N2O2. The van der Waals surface area contributed by atoms with Gasteiger partial charge in [0.05, 0.1) is 5.60 Å². The van der Waals surface area contributed by atoms with Gasteiger partial charge in [-0.1, -0.05) is 13.8 Å². The van der Waals surface area contributed by atoms with E-state index in [4.69, 9.17) is 0 Å². The highest BCUT2D eigenvalue weighted by Crippen LogP contribution is 2.39. The summed E-state index contributed by atoms with van der Waals surface area (Å²) in [5.41, 5.74) is -0.368. The topological polar surface area (TPSA) is 61.4 Å². The Kier molecular flexibility index (Phi) is 3.85. The molecule has 0 unspecified atom stereocenters. The molecule has 0 bridgehead atoms. The third-order valence-electron chi connectivity index (χ3n) is 4.55. The molecule has 2 aliphatic carbocycles. The van der Waals surface area contributed by atoms with Gasteiger partial charge in [0.2, 0.25) is 0 Å². The van der Waals surface area contributed by atoms with E-state index in [0.29, 0.717) is 18.0 Å². The number of urea groups is 1. The molecule has 0 saturated heterocycles. The van der Waals surface area contributed by atoms with Crippen LogP contribution in [0.25, 0.3) is 0 Å². The molecule has 2 fully saturated rings. The number of carbonyl (C=O) groups is 1. The number of nitrogens with one attached hydrogen (secondary N) is 2. The second kappa shape index (κ2) is 5.08. The summed E-state index contributed by atoms with van der Waals surface area (Å²) in [4.78, 5) is 11.6. The Balaban J connectivity index is 1.70. The van der Waals surface area contributed by atoms with Crippen molar-refractivity contribution in [3.8, 4) is 0 Å². The first-order valence-corrected chi connectivity index (χ1v) is 7.15. The zero-order valence-electron chi connectivity index (χ0n) is 11.6. The number of hydrogen-bond acceptors (Lipinski definition) is 2. The zero-order chi connectivity index (χ0) is 13.2. The smallest absolute Gasteiger partial charge is 0.315 e. The Morgan fingerprint density at radius 1 is 1.22 bits per heavy atom. The highest BCUT2D eigenvalue weighted by molar-refractivity contribution is 5.74. The lowest BCUT2D eigenvalue weighted by atomic mass is 9.71. The SMILES string of the molecule is CC1(C)CCC(O)(CNC(=O)NC2CCC2)CC1. The van der Waals surface area contributed by atoms with Crippen LogP contribution >= 0.6 is 0 Å². The molecule has 18 heavy (non-hydrogen) atoms. The van der Waals surface area contributed by atoms with Gasteiger partial charge >= 0.3 is 6.03 Å². The van der Waals surface area contributed by atoms with Crippen molar-refractivity contribution < 1.29 is 9.90 Å². The Morgan fingerprint density at radius 2 is 1.83 bits per heavy atom. The van der Waals surface area contributed by atoms with E-state index >= 15 is 0 Å². The predicted octanol–water partition coefficient (Wildman–Crippen LogP) is 2.17. The van der Waals surface area contributed by atoms with Crippen molar-refractivity contribution in [3.05, 3.63) is 0 Å². The lowest BCUT2D eigenvalue weighted by molar-refractivity contribution is -0.0223. The van der Waals surface area contributed by atoms with Crippen molar-refractivity contribution >= 4 is 6.03 Å². The van der Waals surface area contributed by atoms with Crippen LogP contribution in [0, 0.1) is 5.41 Å². The monoisotopic (exact) mass is 254 g/mol. The molecule has 3 N–H and O–H groups in total. The summed E-state index contributed by atoms with van der Waals surface area (Å²) in [6.07, 6.45) is 7.00. The molecule has 0 heterocycles. The molecule has 0 radical (unpaired) electrons. The van der Waals surface area contributed by atoms with E-state index in [-0.39, 0.29) is 6.03 Å². The van der Waals surface area contributed by atoms with Crippen LogP contribution in [0.4, 0.5) is 4.79 Å². The first-order chi connectivity index (χ1) is 8.39. The minimum Gasteiger partial charge on any atom is -0.388 e. The molecular weight excluding hydrogens is 228 g/mol. The van der Waals surface area contributed by atoms with Crippen LogP contribution in [-0.4, -0.2) is 29.3 Å². The maximum Gasteiger partial charge on any atom is 0.315 e. The Labute approximate surface area is 110 Å². The molecule has 4 heteroatoms. The fraction of sp³-hybridized carbons (Fsp3) is 0.929. The highest BCUT2D eigenvalue weighted by atomic mass is 16.3. The number of aliphatic hydroxyl groups is 1. The van der Waals surface area contributed by atoms with Gasteiger partial charge in [0.25, 0.3) is 0 Å². The van der Waals surface area contributed by atoms with Gasteiger partial charge in [0.1, 0.15) is 0 Å². The largest absolute Gasteiger partial charge is 0.388 e. The molecule has 0 spiro atoms. The van der Waals surface area contributed by atoms with Crippen molar-refractivity contribution in [2.75, 3.05) is 6.54 Å². The van der Waals surface area contributed by atoms with E-state index in [9.17, 15) is 9.90 Å². The average Bonchev–Trinajstić information content (AvgIpc) is 2.26. The first kappa shape index (κ1) is 13.7. The van der Waals surface area contributed by atoms with Crippen molar-refractivity contribution in [1.29, 1.82) is 0 Å². The lowest BCUT2D eigenvalue weighted by Gasteiger charge is -2.40. The second-order valence-corrected chi connectivity index (χ2v) is 6.84. The molecule has 0 aromatic heterocycles. The second-order valence-electron chi connectivity index (χ2n) is 6.84. The van der Waals surface area contributed by atoms with E-state index in [1.165, 1.54) is 6.42 Å². The summed E-state index contributed by atoms with van der Waals surface area (Å²) in [5.74, 6) is 0.